The molecule has 0 aliphatic rings. The Hall–Kier alpha value is -3.98. The van der Waals surface area contributed by atoms with Crippen LogP contribution in [0.3, 0.4) is 0 Å². The minimum atomic E-state index is -0.466. The van der Waals surface area contributed by atoms with Crippen LogP contribution in [-0.4, -0.2) is 33.4 Å². The van der Waals surface area contributed by atoms with Gasteiger partial charge in [-0.3, -0.25) is 14.2 Å². The normalized spacial score (nSPS) is 11.2. The van der Waals surface area contributed by atoms with Crippen molar-refractivity contribution < 1.29 is 14.6 Å². The van der Waals surface area contributed by atoms with E-state index in [1.165, 1.54) is 34.5 Å². The summed E-state index contributed by atoms with van der Waals surface area (Å²) >= 11 is 1.43. The van der Waals surface area contributed by atoms with Crippen molar-refractivity contribution >= 4 is 33.7 Å². The number of phenolic OH excluding ortho intramolecular Hbond substituents is 1. The van der Waals surface area contributed by atoms with E-state index in [-0.39, 0.29) is 17.9 Å². The summed E-state index contributed by atoms with van der Waals surface area (Å²) in [4.78, 5) is 31.0. The fraction of sp³-hybridized carbons (Fsp3) is 0.130. The van der Waals surface area contributed by atoms with Gasteiger partial charge in [-0.25, -0.2) is 10.4 Å². The average Bonchev–Trinajstić information content (AvgIpc) is 3.24. The third-order valence-electron chi connectivity index (χ3n) is 4.58. The first kappa shape index (κ1) is 21.3. The number of phenols is 1. The molecule has 0 atom stereocenters. The van der Waals surface area contributed by atoms with E-state index in [2.05, 4.69) is 15.5 Å². The molecule has 0 fully saturated rings. The van der Waals surface area contributed by atoms with E-state index >= 15 is 0 Å². The second-order valence-corrected chi connectivity index (χ2v) is 7.86. The van der Waals surface area contributed by atoms with Gasteiger partial charge in [0.05, 0.1) is 24.5 Å². The number of aromatic hydroxyl groups is 1. The Morgan fingerprint density at radius 3 is 2.84 bits per heavy atom. The molecule has 2 aromatic heterocycles. The molecule has 0 unspecified atom stereocenters. The molecule has 1 amide bonds. The van der Waals surface area contributed by atoms with Gasteiger partial charge in [-0.15, -0.1) is 11.3 Å². The molecule has 0 saturated carbocycles. The molecule has 2 N–H and O–H groups in total. The summed E-state index contributed by atoms with van der Waals surface area (Å²) in [7, 11) is 0. The van der Waals surface area contributed by atoms with Gasteiger partial charge in [-0.1, -0.05) is 30.3 Å². The van der Waals surface area contributed by atoms with Crippen molar-refractivity contribution in [3.05, 3.63) is 76.8 Å². The molecule has 4 aromatic rings. The largest absolute Gasteiger partial charge is 0.504 e. The number of carbonyl (C=O) groups excluding carboxylic acids is 1. The van der Waals surface area contributed by atoms with Gasteiger partial charge in [0.2, 0.25) is 0 Å². The zero-order valence-electron chi connectivity index (χ0n) is 17.2. The van der Waals surface area contributed by atoms with Gasteiger partial charge in [0.25, 0.3) is 11.5 Å². The molecule has 162 valence electrons. The first-order valence-corrected chi connectivity index (χ1v) is 10.7. The lowest BCUT2D eigenvalue weighted by Crippen LogP contribution is -2.29. The Kier molecular flexibility index (Phi) is 6.27. The molecule has 0 aliphatic carbocycles. The number of nitrogens with one attached hydrogen (secondary N) is 1. The highest BCUT2D eigenvalue weighted by Gasteiger charge is 2.12. The van der Waals surface area contributed by atoms with Crippen molar-refractivity contribution in [3.8, 4) is 21.9 Å². The average molecular weight is 449 g/mol. The number of amides is 1. The van der Waals surface area contributed by atoms with E-state index in [0.717, 1.165) is 10.4 Å². The molecule has 0 spiro atoms. The van der Waals surface area contributed by atoms with E-state index < -0.39 is 5.91 Å². The van der Waals surface area contributed by atoms with E-state index in [9.17, 15) is 14.7 Å². The number of aromatic nitrogens is 2. The molecule has 0 radical (unpaired) electrons. The quantitative estimate of drug-likeness (QED) is 0.333. The van der Waals surface area contributed by atoms with Crippen LogP contribution in [-0.2, 0) is 11.3 Å². The summed E-state index contributed by atoms with van der Waals surface area (Å²) in [6.07, 6.45) is 2.79. The maximum atomic E-state index is 12.8. The van der Waals surface area contributed by atoms with Crippen molar-refractivity contribution in [2.75, 3.05) is 6.61 Å². The van der Waals surface area contributed by atoms with Crippen LogP contribution in [0, 0.1) is 0 Å². The van der Waals surface area contributed by atoms with Crippen molar-refractivity contribution in [2.45, 2.75) is 13.5 Å². The van der Waals surface area contributed by atoms with Crippen LogP contribution in [0.5, 0.6) is 11.5 Å². The fourth-order valence-corrected chi connectivity index (χ4v) is 4.06. The Morgan fingerprint density at radius 1 is 1.25 bits per heavy atom. The Morgan fingerprint density at radius 2 is 2.06 bits per heavy atom. The SMILES string of the molecule is CCOc1cc(/C=N/NC(=O)Cn2cnc3sc(-c4ccccc4)cc3c2=O)ccc1O. The first-order chi connectivity index (χ1) is 15.5. The molecule has 9 heteroatoms. The smallest absolute Gasteiger partial charge is 0.262 e. The summed E-state index contributed by atoms with van der Waals surface area (Å²) in [6, 6.07) is 16.3. The van der Waals surface area contributed by atoms with Gasteiger partial charge >= 0.3 is 0 Å². The van der Waals surface area contributed by atoms with Crippen molar-refractivity contribution in [1.82, 2.24) is 15.0 Å². The van der Waals surface area contributed by atoms with E-state index in [1.54, 1.807) is 18.2 Å². The zero-order valence-corrected chi connectivity index (χ0v) is 18.0. The number of benzene rings is 2. The molecular formula is C23H20N4O4S. The van der Waals surface area contributed by atoms with Crippen LogP contribution in [0.25, 0.3) is 20.7 Å². The number of rotatable bonds is 7. The van der Waals surface area contributed by atoms with Crippen molar-refractivity contribution in [1.29, 1.82) is 0 Å². The van der Waals surface area contributed by atoms with Crippen molar-refractivity contribution in [3.63, 3.8) is 0 Å². The minimum Gasteiger partial charge on any atom is -0.504 e. The number of ether oxygens (including phenoxy) is 1. The molecule has 0 saturated heterocycles. The van der Waals surface area contributed by atoms with Crippen LogP contribution in [0.2, 0.25) is 0 Å². The molecule has 2 aromatic carbocycles. The second kappa shape index (κ2) is 9.44. The molecule has 0 bridgehead atoms. The third kappa shape index (κ3) is 4.68. The van der Waals surface area contributed by atoms with E-state index in [4.69, 9.17) is 4.74 Å². The Balaban J connectivity index is 1.46. The number of hydrogen-bond acceptors (Lipinski definition) is 7. The highest BCUT2D eigenvalue weighted by molar-refractivity contribution is 7.21. The zero-order chi connectivity index (χ0) is 22.5. The lowest BCUT2D eigenvalue weighted by Gasteiger charge is -2.06. The lowest BCUT2D eigenvalue weighted by molar-refractivity contribution is -0.121. The maximum Gasteiger partial charge on any atom is 0.262 e. The third-order valence-corrected chi connectivity index (χ3v) is 5.67. The van der Waals surface area contributed by atoms with Crippen LogP contribution in [0.15, 0.2) is 70.8 Å². The minimum absolute atomic E-state index is 0.0270. The number of hydrazone groups is 1. The van der Waals surface area contributed by atoms with Crippen LogP contribution >= 0.6 is 11.3 Å². The highest BCUT2D eigenvalue weighted by atomic mass is 32.1. The molecular weight excluding hydrogens is 428 g/mol. The van der Waals surface area contributed by atoms with E-state index in [0.29, 0.717) is 28.1 Å². The number of nitrogens with zero attached hydrogens (tertiary/aromatic N) is 3. The summed E-state index contributed by atoms with van der Waals surface area (Å²) < 4.78 is 6.57. The summed E-state index contributed by atoms with van der Waals surface area (Å²) in [6.45, 7) is 2.01. The molecule has 4 rings (SSSR count). The summed E-state index contributed by atoms with van der Waals surface area (Å²) in [5.74, 6) is -0.106. The van der Waals surface area contributed by atoms with Crippen LogP contribution in [0.1, 0.15) is 12.5 Å². The topological polar surface area (TPSA) is 106 Å². The fourth-order valence-electron chi connectivity index (χ4n) is 3.07. The van der Waals surface area contributed by atoms with Crippen LogP contribution in [0.4, 0.5) is 0 Å². The standard InChI is InChI=1S/C23H20N4O4S/c1-2-31-19-10-15(8-9-18(19)28)12-25-26-21(29)13-27-14-24-22-17(23(27)30)11-20(32-22)16-6-4-3-5-7-16/h3-12,14,28H,2,13H2,1H3,(H,26,29)/b25-12+. The predicted molar refractivity (Wildman–Crippen MR) is 124 cm³/mol. The number of hydrogen-bond donors (Lipinski definition) is 2. The maximum absolute atomic E-state index is 12.8. The number of thiophene rings is 1. The van der Waals surface area contributed by atoms with Gasteiger partial charge in [-0.2, -0.15) is 5.10 Å². The Labute approximate surface area is 187 Å². The monoisotopic (exact) mass is 448 g/mol. The van der Waals surface area contributed by atoms with Crippen molar-refractivity contribution in [2.24, 2.45) is 5.10 Å². The molecule has 0 aliphatic heterocycles. The number of fused-ring (bicyclic) bond motifs is 1. The first-order valence-electron chi connectivity index (χ1n) is 9.87. The summed E-state index contributed by atoms with van der Waals surface area (Å²) in [5.41, 5.74) is 3.76. The van der Waals surface area contributed by atoms with Gasteiger partial charge < -0.3 is 9.84 Å². The Bertz CT molecular complexity index is 1350. The molecule has 8 nitrogen and oxygen atoms in total. The highest BCUT2D eigenvalue weighted by Crippen LogP contribution is 2.30. The predicted octanol–water partition coefficient (Wildman–Crippen LogP) is 3.38. The second-order valence-electron chi connectivity index (χ2n) is 6.83. The van der Waals surface area contributed by atoms with Crippen LogP contribution < -0.4 is 15.7 Å². The molecule has 32 heavy (non-hydrogen) atoms. The summed E-state index contributed by atoms with van der Waals surface area (Å²) in [5, 5.41) is 14.1. The molecule has 2 heterocycles. The van der Waals surface area contributed by atoms with Gasteiger partial charge in [0.1, 0.15) is 11.4 Å². The lowest BCUT2D eigenvalue weighted by atomic mass is 10.2. The van der Waals surface area contributed by atoms with Gasteiger partial charge in [0.15, 0.2) is 11.5 Å². The van der Waals surface area contributed by atoms with E-state index in [1.807, 2.05) is 37.3 Å². The van der Waals surface area contributed by atoms with Gasteiger partial charge in [-0.05, 0) is 42.3 Å². The van der Waals surface area contributed by atoms with Gasteiger partial charge in [0, 0.05) is 4.88 Å². The number of carbonyl (C=O) groups is 1.